The van der Waals surface area contributed by atoms with Gasteiger partial charge in [0.15, 0.2) is 7.14 Å². The lowest BCUT2D eigenvalue weighted by Gasteiger charge is -2.04. The summed E-state index contributed by atoms with van der Waals surface area (Å²) in [6, 6.07) is 36.4. The fourth-order valence-electron chi connectivity index (χ4n) is 2.51. The molecular formula is C24H18BF4IO2. The molecule has 0 radical (unpaired) electrons. The van der Waals surface area contributed by atoms with E-state index in [-0.39, 0.29) is 21.2 Å². The number of para-hydroxylation sites is 2. The molecular weight excluding hydrogens is 534 g/mol. The van der Waals surface area contributed by atoms with E-state index in [9.17, 15) is 17.3 Å². The van der Waals surface area contributed by atoms with E-state index in [1.165, 1.54) is 7.14 Å². The monoisotopic (exact) mass is 552 g/mol. The highest BCUT2D eigenvalue weighted by Crippen LogP contribution is 2.21. The molecule has 0 bridgehead atoms. The zero-order chi connectivity index (χ0) is 22.8. The first-order chi connectivity index (χ1) is 15.3. The van der Waals surface area contributed by atoms with E-state index in [0.717, 1.165) is 23.0 Å². The van der Waals surface area contributed by atoms with Crippen LogP contribution in [-0.2, 0) is 0 Å². The summed E-state index contributed by atoms with van der Waals surface area (Å²) in [6.45, 7) is 0. The van der Waals surface area contributed by atoms with Gasteiger partial charge in [-0.15, -0.1) is 0 Å². The average molecular weight is 552 g/mol. The van der Waals surface area contributed by atoms with Gasteiger partial charge in [-0.05, 0) is 72.8 Å². The van der Waals surface area contributed by atoms with Crippen molar-refractivity contribution in [2.75, 3.05) is 0 Å². The fraction of sp³-hybridized carbons (Fsp3) is 0. The maximum atomic E-state index is 9.75. The second-order valence-corrected chi connectivity index (χ2v) is 9.36. The fourth-order valence-corrected chi connectivity index (χ4v) is 4.66. The van der Waals surface area contributed by atoms with E-state index in [1.54, 1.807) is 0 Å². The van der Waals surface area contributed by atoms with Crippen LogP contribution in [0.1, 0.15) is 0 Å². The first-order valence-electron chi connectivity index (χ1n) is 9.53. The van der Waals surface area contributed by atoms with Gasteiger partial charge in [-0.1, -0.05) is 36.4 Å². The van der Waals surface area contributed by atoms with Gasteiger partial charge in [0.05, 0.1) is 0 Å². The molecule has 0 unspecified atom stereocenters. The maximum absolute atomic E-state index is 9.75. The van der Waals surface area contributed by atoms with Crippen LogP contribution in [0.4, 0.5) is 17.3 Å². The lowest BCUT2D eigenvalue weighted by Crippen LogP contribution is -3.61. The molecule has 0 heterocycles. The largest absolute Gasteiger partial charge is 0.673 e. The number of hydrogen-bond donors (Lipinski definition) is 0. The van der Waals surface area contributed by atoms with Gasteiger partial charge >= 0.3 is 28.5 Å². The molecule has 0 atom stereocenters. The Hall–Kier alpha value is -3.01. The van der Waals surface area contributed by atoms with Crippen LogP contribution in [0.25, 0.3) is 0 Å². The van der Waals surface area contributed by atoms with Crippen molar-refractivity contribution >= 4 is 7.25 Å². The third kappa shape index (κ3) is 9.01. The second kappa shape index (κ2) is 11.6. The molecule has 0 aliphatic carbocycles. The minimum atomic E-state index is -6.00. The predicted octanol–water partition coefficient (Wildman–Crippen LogP) is 4.70. The average Bonchev–Trinajstić information content (AvgIpc) is 2.77. The molecule has 0 aliphatic heterocycles. The van der Waals surface area contributed by atoms with Gasteiger partial charge in [0.25, 0.3) is 0 Å². The van der Waals surface area contributed by atoms with Gasteiger partial charge in [-0.25, -0.2) is 0 Å². The zero-order valence-electron chi connectivity index (χ0n) is 16.7. The molecule has 0 saturated heterocycles. The molecule has 164 valence electrons. The van der Waals surface area contributed by atoms with Crippen LogP contribution in [-0.4, -0.2) is 7.25 Å². The highest BCUT2D eigenvalue weighted by Gasteiger charge is 2.20. The molecule has 0 spiro atoms. The van der Waals surface area contributed by atoms with Crippen molar-refractivity contribution in [3.8, 4) is 23.0 Å². The molecule has 0 amide bonds. The Morgan fingerprint density at radius 2 is 0.719 bits per heavy atom. The van der Waals surface area contributed by atoms with Crippen LogP contribution in [0.15, 0.2) is 109 Å². The standard InChI is InChI=1S/C24H18IO2.BF4/c1-3-7-21(8-4-1)26-23-15-11-19(12-16-23)25-20-13-17-24(18-14-20)27-22-9-5-2-6-10-22;2-1(3,4)5/h1-18H;/q+1;-1. The Labute approximate surface area is 194 Å². The molecule has 4 aromatic rings. The Bertz CT molecular complexity index is 986. The summed E-state index contributed by atoms with van der Waals surface area (Å²) in [5, 5.41) is 0. The van der Waals surface area contributed by atoms with Crippen LogP contribution in [0.5, 0.6) is 23.0 Å². The molecule has 0 aliphatic rings. The topological polar surface area (TPSA) is 18.5 Å². The van der Waals surface area contributed by atoms with E-state index in [0.29, 0.717) is 0 Å². The molecule has 32 heavy (non-hydrogen) atoms. The molecule has 0 aromatic heterocycles. The summed E-state index contributed by atoms with van der Waals surface area (Å²) in [6.07, 6.45) is 0. The summed E-state index contributed by atoms with van der Waals surface area (Å²) in [7, 11) is -6.00. The van der Waals surface area contributed by atoms with Crippen molar-refractivity contribution in [2.45, 2.75) is 0 Å². The molecule has 4 rings (SSSR count). The van der Waals surface area contributed by atoms with E-state index in [1.807, 2.05) is 84.9 Å². The molecule has 4 aromatic carbocycles. The minimum absolute atomic E-state index is 0.229. The number of halogens is 5. The van der Waals surface area contributed by atoms with Gasteiger partial charge in [0.2, 0.25) is 0 Å². The third-order valence-electron chi connectivity index (χ3n) is 3.80. The Morgan fingerprint density at radius 1 is 0.438 bits per heavy atom. The van der Waals surface area contributed by atoms with Crippen molar-refractivity contribution in [1.29, 1.82) is 0 Å². The summed E-state index contributed by atoms with van der Waals surface area (Å²) < 4.78 is 53.4. The van der Waals surface area contributed by atoms with E-state index < -0.39 is 7.25 Å². The minimum Gasteiger partial charge on any atom is -0.457 e. The first-order valence-corrected chi connectivity index (χ1v) is 11.7. The van der Waals surface area contributed by atoms with Gasteiger partial charge in [0, 0.05) is 0 Å². The molecule has 0 N–H and O–H groups in total. The number of hydrogen-bond acceptors (Lipinski definition) is 2. The SMILES string of the molecule is F[B-](F)(F)F.c1ccc(Oc2ccc([I+]c3ccc(Oc4ccccc4)cc3)cc2)cc1. The summed E-state index contributed by atoms with van der Waals surface area (Å²) in [5.74, 6) is 3.43. The smallest absolute Gasteiger partial charge is 0.457 e. The van der Waals surface area contributed by atoms with Crippen molar-refractivity contribution < 1.29 is 47.9 Å². The van der Waals surface area contributed by atoms with Crippen LogP contribution in [0.2, 0.25) is 0 Å². The number of benzene rings is 4. The summed E-state index contributed by atoms with van der Waals surface area (Å²) >= 11 is -0.229. The summed E-state index contributed by atoms with van der Waals surface area (Å²) in [4.78, 5) is 0. The van der Waals surface area contributed by atoms with Crippen LogP contribution in [0, 0.1) is 7.14 Å². The maximum Gasteiger partial charge on any atom is 0.673 e. The normalized spacial score (nSPS) is 10.6. The van der Waals surface area contributed by atoms with E-state index >= 15 is 0 Å². The van der Waals surface area contributed by atoms with Crippen molar-refractivity contribution in [3.63, 3.8) is 0 Å². The highest BCUT2D eigenvalue weighted by atomic mass is 127. The van der Waals surface area contributed by atoms with E-state index in [4.69, 9.17) is 9.47 Å². The molecule has 0 fully saturated rings. The van der Waals surface area contributed by atoms with Crippen LogP contribution in [0.3, 0.4) is 0 Å². The van der Waals surface area contributed by atoms with Crippen LogP contribution < -0.4 is 30.7 Å². The van der Waals surface area contributed by atoms with Crippen LogP contribution >= 0.6 is 0 Å². The molecule has 2 nitrogen and oxygen atoms in total. The number of rotatable bonds is 6. The van der Waals surface area contributed by atoms with Crippen molar-refractivity contribution in [2.24, 2.45) is 0 Å². The predicted molar refractivity (Wildman–Crippen MR) is 113 cm³/mol. The molecule has 8 heteroatoms. The zero-order valence-corrected chi connectivity index (χ0v) is 18.8. The second-order valence-electron chi connectivity index (χ2n) is 6.33. The van der Waals surface area contributed by atoms with Crippen molar-refractivity contribution in [3.05, 3.63) is 116 Å². The highest BCUT2D eigenvalue weighted by molar-refractivity contribution is 6.50. The molecule has 0 saturated carbocycles. The quantitative estimate of drug-likeness (QED) is 0.196. The van der Waals surface area contributed by atoms with E-state index in [2.05, 4.69) is 24.3 Å². The van der Waals surface area contributed by atoms with Gasteiger partial charge < -0.3 is 26.7 Å². The summed E-state index contributed by atoms with van der Waals surface area (Å²) in [5.41, 5.74) is 0. The number of ether oxygens (including phenoxy) is 2. The Morgan fingerprint density at radius 3 is 1.03 bits per heavy atom. The van der Waals surface area contributed by atoms with Gasteiger partial charge in [-0.2, -0.15) is 0 Å². The Kier molecular flexibility index (Phi) is 8.55. The van der Waals surface area contributed by atoms with Crippen molar-refractivity contribution in [1.82, 2.24) is 0 Å². The Balaban J connectivity index is 0.000000523. The van der Waals surface area contributed by atoms with Gasteiger partial charge in [0.1, 0.15) is 23.0 Å². The first kappa shape index (κ1) is 23.7. The third-order valence-corrected chi connectivity index (χ3v) is 6.49. The van der Waals surface area contributed by atoms with Gasteiger partial charge in [-0.3, -0.25) is 0 Å². The lowest BCUT2D eigenvalue weighted by molar-refractivity contribution is -0.597. The lowest BCUT2D eigenvalue weighted by atomic mass is 10.3.